The normalized spacial score (nSPS) is 18.2. The molecule has 9 nitrogen and oxygen atoms in total. The van der Waals surface area contributed by atoms with Gasteiger partial charge in [0.1, 0.15) is 17.5 Å². The van der Waals surface area contributed by atoms with Crippen LogP contribution in [-0.4, -0.2) is 40.1 Å². The zero-order valence-corrected chi connectivity index (χ0v) is 10.2. The van der Waals surface area contributed by atoms with E-state index < -0.39 is 30.1 Å². The Morgan fingerprint density at radius 2 is 2.35 bits per heavy atom. The number of carbonyl (C=O) groups is 3. The van der Waals surface area contributed by atoms with Gasteiger partial charge in [0.2, 0.25) is 5.91 Å². The average molecular weight is 280 g/mol. The lowest BCUT2D eigenvalue weighted by Gasteiger charge is -2.27. The van der Waals surface area contributed by atoms with E-state index in [1.54, 1.807) is 6.07 Å². The second-order valence-corrected chi connectivity index (χ2v) is 4.11. The monoisotopic (exact) mass is 280 g/mol. The van der Waals surface area contributed by atoms with E-state index in [1.165, 1.54) is 12.4 Å². The molecule has 0 aromatic carbocycles. The zero-order chi connectivity index (χ0) is 14.7. The minimum absolute atomic E-state index is 0.199. The van der Waals surface area contributed by atoms with E-state index in [0.29, 0.717) is 11.4 Å². The van der Waals surface area contributed by atoms with E-state index in [0.717, 1.165) is 0 Å². The molecular formula is C11H12N4O5. The molecule has 1 aliphatic rings. The molecule has 2 rings (SSSR count). The summed E-state index contributed by atoms with van der Waals surface area (Å²) in [5, 5.41) is 13.1. The highest BCUT2D eigenvalue weighted by Crippen LogP contribution is 2.28. The molecule has 1 unspecified atom stereocenters. The lowest BCUT2D eigenvalue weighted by Crippen LogP contribution is -2.49. The van der Waals surface area contributed by atoms with Crippen molar-refractivity contribution in [3.05, 3.63) is 18.5 Å². The molecule has 0 saturated heterocycles. The fourth-order valence-corrected chi connectivity index (χ4v) is 1.76. The second kappa shape index (κ2) is 5.43. The summed E-state index contributed by atoms with van der Waals surface area (Å²) >= 11 is 0. The van der Waals surface area contributed by atoms with E-state index in [2.05, 4.69) is 10.3 Å². The molecule has 1 aromatic heterocycles. The van der Waals surface area contributed by atoms with Gasteiger partial charge in [0.05, 0.1) is 6.20 Å². The molecule has 0 bridgehead atoms. The van der Waals surface area contributed by atoms with Gasteiger partial charge in [-0.25, -0.2) is 4.79 Å². The molecule has 0 fully saturated rings. The van der Waals surface area contributed by atoms with Crippen LogP contribution in [-0.2, 0) is 9.59 Å². The standard InChI is InChI=1S/C11H12N4O5/c12-9(16)5(15-11(18)19)3-8-10(17)14-6-4-13-2-1-7(6)20-8/h1-2,4-5,8,15H,3H2,(H2,12,16)(H,14,17)(H,18,19)/t5?,8-/m0/s1. The summed E-state index contributed by atoms with van der Waals surface area (Å²) in [6, 6.07) is 0.331. The lowest BCUT2D eigenvalue weighted by molar-refractivity contribution is -0.125. The number of primary amides is 1. The van der Waals surface area contributed by atoms with Crippen molar-refractivity contribution in [2.45, 2.75) is 18.6 Å². The van der Waals surface area contributed by atoms with Gasteiger partial charge in [-0.05, 0) is 0 Å². The number of aromatic nitrogens is 1. The number of ether oxygens (including phenoxy) is 1. The Bertz CT molecular complexity index is 561. The highest BCUT2D eigenvalue weighted by Gasteiger charge is 2.32. The van der Waals surface area contributed by atoms with E-state index in [4.69, 9.17) is 15.6 Å². The summed E-state index contributed by atoms with van der Waals surface area (Å²) in [6.07, 6.45) is 0.276. The molecule has 1 aromatic rings. The van der Waals surface area contributed by atoms with E-state index in [9.17, 15) is 14.4 Å². The smallest absolute Gasteiger partial charge is 0.405 e. The first-order valence-electron chi connectivity index (χ1n) is 5.67. The van der Waals surface area contributed by atoms with E-state index in [1.807, 2.05) is 5.32 Å². The number of anilines is 1. The van der Waals surface area contributed by atoms with Crippen molar-refractivity contribution in [2.24, 2.45) is 5.73 Å². The number of hydrogen-bond donors (Lipinski definition) is 4. The number of amides is 3. The summed E-state index contributed by atoms with van der Waals surface area (Å²) in [4.78, 5) is 37.4. The van der Waals surface area contributed by atoms with Gasteiger partial charge in [-0.3, -0.25) is 14.6 Å². The summed E-state index contributed by atoms with van der Waals surface area (Å²) < 4.78 is 5.41. The Labute approximate surface area is 113 Å². The second-order valence-electron chi connectivity index (χ2n) is 4.11. The Balaban J connectivity index is 2.11. The van der Waals surface area contributed by atoms with Crippen LogP contribution in [0.15, 0.2) is 18.5 Å². The highest BCUT2D eigenvalue weighted by molar-refractivity contribution is 5.98. The van der Waals surface area contributed by atoms with Crippen molar-refractivity contribution < 1.29 is 24.2 Å². The number of nitrogens with one attached hydrogen (secondary N) is 2. The Hall–Kier alpha value is -2.84. The molecular weight excluding hydrogens is 268 g/mol. The van der Waals surface area contributed by atoms with Crippen LogP contribution in [0, 0.1) is 0 Å². The maximum Gasteiger partial charge on any atom is 0.405 e. The summed E-state index contributed by atoms with van der Waals surface area (Å²) in [7, 11) is 0. The van der Waals surface area contributed by atoms with Crippen LogP contribution < -0.4 is 21.1 Å². The first-order valence-corrected chi connectivity index (χ1v) is 5.67. The maximum atomic E-state index is 11.8. The Morgan fingerprint density at radius 3 is 3.00 bits per heavy atom. The largest absolute Gasteiger partial charge is 0.478 e. The molecule has 106 valence electrons. The van der Waals surface area contributed by atoms with Crippen LogP contribution in [0.1, 0.15) is 6.42 Å². The number of hydrogen-bond acceptors (Lipinski definition) is 5. The number of nitrogens with two attached hydrogens (primary N) is 1. The molecule has 0 saturated carbocycles. The van der Waals surface area contributed by atoms with Crippen molar-refractivity contribution in [1.82, 2.24) is 10.3 Å². The van der Waals surface area contributed by atoms with E-state index >= 15 is 0 Å². The zero-order valence-electron chi connectivity index (χ0n) is 10.2. The van der Waals surface area contributed by atoms with Crippen LogP contribution in [0.5, 0.6) is 5.75 Å². The number of nitrogens with zero attached hydrogens (tertiary/aromatic N) is 1. The van der Waals surface area contributed by atoms with Gasteiger partial charge in [-0.15, -0.1) is 0 Å². The van der Waals surface area contributed by atoms with Crippen LogP contribution in [0.4, 0.5) is 10.5 Å². The third-order valence-corrected chi connectivity index (χ3v) is 2.69. The van der Waals surface area contributed by atoms with Gasteiger partial charge >= 0.3 is 6.09 Å². The van der Waals surface area contributed by atoms with Crippen LogP contribution in [0.2, 0.25) is 0 Å². The molecule has 20 heavy (non-hydrogen) atoms. The van der Waals surface area contributed by atoms with Crippen molar-refractivity contribution >= 4 is 23.6 Å². The van der Waals surface area contributed by atoms with Gasteiger partial charge in [0.15, 0.2) is 6.10 Å². The number of fused-ring (bicyclic) bond motifs is 1. The molecule has 3 amide bonds. The third kappa shape index (κ3) is 2.94. The van der Waals surface area contributed by atoms with Crippen molar-refractivity contribution in [3.8, 4) is 5.75 Å². The minimum atomic E-state index is -1.41. The summed E-state index contributed by atoms with van der Waals surface area (Å²) in [5.41, 5.74) is 5.49. The lowest BCUT2D eigenvalue weighted by atomic mass is 10.1. The summed E-state index contributed by atoms with van der Waals surface area (Å²) in [6.45, 7) is 0. The molecule has 0 radical (unpaired) electrons. The molecule has 0 spiro atoms. The number of carbonyl (C=O) groups excluding carboxylic acids is 2. The third-order valence-electron chi connectivity index (χ3n) is 2.69. The quantitative estimate of drug-likeness (QED) is 0.573. The Morgan fingerprint density at radius 1 is 1.60 bits per heavy atom. The molecule has 5 N–H and O–H groups in total. The Kier molecular flexibility index (Phi) is 3.69. The van der Waals surface area contributed by atoms with Gasteiger partial charge in [-0.1, -0.05) is 0 Å². The van der Waals surface area contributed by atoms with Crippen molar-refractivity contribution in [3.63, 3.8) is 0 Å². The SMILES string of the molecule is NC(=O)C(C[C@@H]1Oc2ccncc2NC1=O)NC(=O)O. The molecule has 2 heterocycles. The van der Waals surface area contributed by atoms with Gasteiger partial charge in [0, 0.05) is 18.7 Å². The maximum absolute atomic E-state index is 11.8. The number of rotatable bonds is 4. The predicted octanol–water partition coefficient (Wildman–Crippen LogP) is -0.707. The van der Waals surface area contributed by atoms with E-state index in [-0.39, 0.29) is 6.42 Å². The molecule has 0 aliphatic carbocycles. The topological polar surface area (TPSA) is 144 Å². The first kappa shape index (κ1) is 13.6. The highest BCUT2D eigenvalue weighted by atomic mass is 16.5. The van der Waals surface area contributed by atoms with Gasteiger partial charge < -0.3 is 26.2 Å². The van der Waals surface area contributed by atoms with Crippen LogP contribution in [0.3, 0.4) is 0 Å². The number of carboxylic acid groups (broad SMARTS) is 1. The fourth-order valence-electron chi connectivity index (χ4n) is 1.76. The van der Waals surface area contributed by atoms with Crippen molar-refractivity contribution in [1.29, 1.82) is 0 Å². The predicted molar refractivity (Wildman–Crippen MR) is 66.0 cm³/mol. The first-order chi connectivity index (χ1) is 9.47. The van der Waals surface area contributed by atoms with Crippen LogP contribution >= 0.6 is 0 Å². The average Bonchev–Trinajstić information content (AvgIpc) is 2.38. The number of pyridine rings is 1. The minimum Gasteiger partial charge on any atom is -0.478 e. The summed E-state index contributed by atoms with van der Waals surface area (Å²) in [5.74, 6) is -0.989. The molecule has 9 heteroatoms. The van der Waals surface area contributed by atoms with Gasteiger partial charge in [0.25, 0.3) is 5.91 Å². The van der Waals surface area contributed by atoms with Gasteiger partial charge in [-0.2, -0.15) is 0 Å². The fraction of sp³-hybridized carbons (Fsp3) is 0.273. The van der Waals surface area contributed by atoms with Crippen LogP contribution in [0.25, 0.3) is 0 Å². The molecule has 2 atom stereocenters. The molecule has 1 aliphatic heterocycles. The van der Waals surface area contributed by atoms with Crippen molar-refractivity contribution in [2.75, 3.05) is 5.32 Å².